The summed E-state index contributed by atoms with van der Waals surface area (Å²) in [5.41, 5.74) is -0.428. The molecule has 0 fully saturated rings. The van der Waals surface area contributed by atoms with Gasteiger partial charge in [-0.1, -0.05) is 29.8 Å². The van der Waals surface area contributed by atoms with E-state index in [1.165, 1.54) is 50.6 Å². The molecule has 0 aliphatic heterocycles. The molecule has 27 heavy (non-hydrogen) atoms. The van der Waals surface area contributed by atoms with Crippen LogP contribution in [-0.2, 0) is 10.0 Å². The van der Waals surface area contributed by atoms with E-state index in [0.29, 0.717) is 0 Å². The number of nitrogens with zero attached hydrogens (tertiary/aromatic N) is 2. The average Bonchev–Trinajstić information content (AvgIpc) is 2.65. The Hall–Kier alpha value is -2.78. The number of para-hydroxylation sites is 1. The Kier molecular flexibility index (Phi) is 6.29. The number of hydrogen-bond acceptors (Lipinski definition) is 6. The summed E-state index contributed by atoms with van der Waals surface area (Å²) < 4.78 is 37.8. The Morgan fingerprint density at radius 2 is 1.85 bits per heavy atom. The second-order valence-corrected chi connectivity index (χ2v) is 7.45. The van der Waals surface area contributed by atoms with Gasteiger partial charge in [0.1, 0.15) is 11.5 Å². The number of ether oxygens (including phenoxy) is 2. The van der Waals surface area contributed by atoms with E-state index < -0.39 is 25.5 Å². The van der Waals surface area contributed by atoms with Gasteiger partial charge in [0.15, 0.2) is 4.90 Å². The van der Waals surface area contributed by atoms with E-state index in [9.17, 15) is 18.5 Å². The highest BCUT2D eigenvalue weighted by Crippen LogP contribution is 2.41. The van der Waals surface area contributed by atoms with Crippen LogP contribution in [0.25, 0.3) is 0 Å². The molecule has 0 saturated heterocycles. The topological polar surface area (TPSA) is 99.0 Å². The number of nitro benzene ring substituents is 1. The first-order valence-corrected chi connectivity index (χ1v) is 9.38. The highest BCUT2D eigenvalue weighted by Gasteiger charge is 2.33. The number of halogens is 1. The standard InChI is InChI=1S/C17H17ClN2O6S/c1-4-9-19(14-11-15(25-2)12(18)10-16(14)26-3)27(23,24)17-8-6-5-7-13(17)20(21)22/h4-8,10-11H,1,9H2,2-3H3. The summed E-state index contributed by atoms with van der Waals surface area (Å²) in [4.78, 5) is 10.1. The van der Waals surface area contributed by atoms with Crippen molar-refractivity contribution in [2.45, 2.75) is 4.90 Å². The molecule has 0 aliphatic carbocycles. The van der Waals surface area contributed by atoms with Crippen molar-refractivity contribution in [2.24, 2.45) is 0 Å². The molecule has 2 aromatic rings. The van der Waals surface area contributed by atoms with Crippen molar-refractivity contribution in [1.29, 1.82) is 0 Å². The van der Waals surface area contributed by atoms with Crippen LogP contribution in [-0.4, -0.2) is 34.1 Å². The van der Waals surface area contributed by atoms with Gasteiger partial charge in [-0.2, -0.15) is 0 Å². The van der Waals surface area contributed by atoms with Crippen LogP contribution in [0.4, 0.5) is 11.4 Å². The maximum atomic E-state index is 13.2. The zero-order valence-corrected chi connectivity index (χ0v) is 16.2. The fourth-order valence-corrected chi connectivity index (χ4v) is 4.26. The van der Waals surface area contributed by atoms with Crippen molar-refractivity contribution in [3.8, 4) is 11.5 Å². The molecule has 144 valence electrons. The van der Waals surface area contributed by atoms with Crippen LogP contribution in [0, 0.1) is 10.1 Å². The molecule has 2 aromatic carbocycles. The lowest BCUT2D eigenvalue weighted by Gasteiger charge is -2.25. The summed E-state index contributed by atoms with van der Waals surface area (Å²) in [6.07, 6.45) is 1.35. The molecule has 0 N–H and O–H groups in total. The average molecular weight is 413 g/mol. The van der Waals surface area contributed by atoms with E-state index in [4.69, 9.17) is 21.1 Å². The number of rotatable bonds is 8. The summed E-state index contributed by atoms with van der Waals surface area (Å²) in [6, 6.07) is 7.88. The van der Waals surface area contributed by atoms with Gasteiger partial charge in [-0.3, -0.25) is 14.4 Å². The van der Waals surface area contributed by atoms with Gasteiger partial charge in [0.25, 0.3) is 15.7 Å². The molecular weight excluding hydrogens is 396 g/mol. The van der Waals surface area contributed by atoms with Crippen LogP contribution in [0.2, 0.25) is 5.02 Å². The molecule has 0 amide bonds. The number of benzene rings is 2. The molecule has 0 bridgehead atoms. The third-order valence-corrected chi connectivity index (χ3v) is 5.77. The Morgan fingerprint density at radius 1 is 1.22 bits per heavy atom. The van der Waals surface area contributed by atoms with Crippen LogP contribution in [0.1, 0.15) is 0 Å². The molecule has 0 unspecified atom stereocenters. The van der Waals surface area contributed by atoms with Crippen molar-refractivity contribution < 1.29 is 22.8 Å². The quantitative estimate of drug-likeness (QED) is 0.373. The maximum absolute atomic E-state index is 13.2. The number of sulfonamides is 1. The smallest absolute Gasteiger partial charge is 0.289 e. The van der Waals surface area contributed by atoms with Gasteiger partial charge in [0.2, 0.25) is 0 Å². The molecular formula is C17H17ClN2O6S. The molecule has 0 saturated carbocycles. The predicted molar refractivity (Wildman–Crippen MR) is 102 cm³/mol. The summed E-state index contributed by atoms with van der Waals surface area (Å²) in [6.45, 7) is 3.41. The predicted octanol–water partition coefficient (Wildman–Crippen LogP) is 3.65. The molecule has 10 heteroatoms. The monoisotopic (exact) mass is 412 g/mol. The van der Waals surface area contributed by atoms with Crippen molar-refractivity contribution in [3.63, 3.8) is 0 Å². The molecule has 0 aliphatic rings. The van der Waals surface area contributed by atoms with Crippen LogP contribution in [0.3, 0.4) is 0 Å². The molecule has 0 spiro atoms. The van der Waals surface area contributed by atoms with Gasteiger partial charge in [-0.15, -0.1) is 6.58 Å². The Labute approximate surface area is 161 Å². The van der Waals surface area contributed by atoms with E-state index in [-0.39, 0.29) is 28.8 Å². The Morgan fingerprint density at radius 3 is 2.41 bits per heavy atom. The van der Waals surface area contributed by atoms with Gasteiger partial charge in [0.05, 0.1) is 36.4 Å². The third kappa shape index (κ3) is 3.99. The zero-order chi connectivity index (χ0) is 20.2. The number of nitro groups is 1. The SMILES string of the molecule is C=CCN(c1cc(OC)c(Cl)cc1OC)S(=O)(=O)c1ccccc1[N+](=O)[O-]. The lowest BCUT2D eigenvalue weighted by Crippen LogP contribution is -2.32. The molecule has 0 atom stereocenters. The minimum atomic E-state index is -4.32. The third-order valence-electron chi connectivity index (χ3n) is 3.65. The highest BCUT2D eigenvalue weighted by atomic mass is 35.5. The number of anilines is 1. The fraction of sp³-hybridized carbons (Fsp3) is 0.176. The van der Waals surface area contributed by atoms with Gasteiger partial charge in [-0.25, -0.2) is 8.42 Å². The van der Waals surface area contributed by atoms with Gasteiger partial charge in [-0.05, 0) is 6.07 Å². The van der Waals surface area contributed by atoms with Gasteiger partial charge in [0, 0.05) is 18.2 Å². The molecule has 2 rings (SSSR count). The lowest BCUT2D eigenvalue weighted by atomic mass is 10.2. The fourth-order valence-electron chi connectivity index (χ4n) is 2.43. The van der Waals surface area contributed by atoms with E-state index in [0.717, 1.165) is 10.4 Å². The maximum Gasteiger partial charge on any atom is 0.289 e. The normalized spacial score (nSPS) is 10.9. The molecule has 0 radical (unpaired) electrons. The Bertz CT molecular complexity index is 977. The highest BCUT2D eigenvalue weighted by molar-refractivity contribution is 7.93. The van der Waals surface area contributed by atoms with E-state index in [1.54, 1.807) is 0 Å². The number of methoxy groups -OCH3 is 2. The Balaban J connectivity index is 2.75. The molecule has 8 nitrogen and oxygen atoms in total. The summed E-state index contributed by atoms with van der Waals surface area (Å²) in [7, 11) is -1.59. The van der Waals surface area contributed by atoms with Crippen LogP contribution in [0.15, 0.2) is 53.9 Å². The van der Waals surface area contributed by atoms with E-state index in [1.807, 2.05) is 0 Å². The van der Waals surface area contributed by atoms with Crippen LogP contribution in [0.5, 0.6) is 11.5 Å². The molecule has 0 aromatic heterocycles. The first kappa shape index (κ1) is 20.5. The summed E-state index contributed by atoms with van der Waals surface area (Å²) in [5, 5.41) is 11.5. The minimum absolute atomic E-state index is 0.108. The largest absolute Gasteiger partial charge is 0.495 e. The van der Waals surface area contributed by atoms with E-state index >= 15 is 0 Å². The first-order valence-electron chi connectivity index (χ1n) is 7.56. The summed E-state index contributed by atoms with van der Waals surface area (Å²) in [5.74, 6) is 0.379. The van der Waals surface area contributed by atoms with E-state index in [2.05, 4.69) is 6.58 Å². The van der Waals surface area contributed by atoms with Crippen molar-refractivity contribution in [3.05, 3.63) is 64.2 Å². The van der Waals surface area contributed by atoms with Crippen molar-refractivity contribution in [1.82, 2.24) is 0 Å². The van der Waals surface area contributed by atoms with Gasteiger partial charge < -0.3 is 9.47 Å². The van der Waals surface area contributed by atoms with Crippen molar-refractivity contribution in [2.75, 3.05) is 25.1 Å². The lowest BCUT2D eigenvalue weighted by molar-refractivity contribution is -0.387. The molecule has 0 heterocycles. The van der Waals surface area contributed by atoms with Crippen molar-refractivity contribution >= 4 is 33.0 Å². The van der Waals surface area contributed by atoms with Crippen LogP contribution < -0.4 is 13.8 Å². The zero-order valence-electron chi connectivity index (χ0n) is 14.6. The minimum Gasteiger partial charge on any atom is -0.495 e. The van der Waals surface area contributed by atoms with Gasteiger partial charge >= 0.3 is 0 Å². The second-order valence-electron chi connectivity index (χ2n) is 5.21. The second kappa shape index (κ2) is 8.28. The summed E-state index contributed by atoms with van der Waals surface area (Å²) >= 11 is 6.08. The number of hydrogen-bond donors (Lipinski definition) is 0. The first-order chi connectivity index (χ1) is 12.8. The van der Waals surface area contributed by atoms with Crippen LogP contribution >= 0.6 is 11.6 Å².